The van der Waals surface area contributed by atoms with Crippen molar-refractivity contribution in [3.05, 3.63) is 56.9 Å². The van der Waals surface area contributed by atoms with E-state index in [9.17, 15) is 14.4 Å². The van der Waals surface area contributed by atoms with Crippen LogP contribution in [0.25, 0.3) is 10.9 Å². The molecule has 8 nitrogen and oxygen atoms in total. The molecule has 3 aromatic rings. The first-order valence-electron chi connectivity index (χ1n) is 12.2. The van der Waals surface area contributed by atoms with Gasteiger partial charge in [-0.3, -0.25) is 24.0 Å². The molecule has 0 spiro atoms. The van der Waals surface area contributed by atoms with Crippen LogP contribution in [0.4, 0.5) is 0 Å². The summed E-state index contributed by atoms with van der Waals surface area (Å²) < 4.78 is 1.29. The van der Waals surface area contributed by atoms with Gasteiger partial charge < -0.3 is 15.6 Å². The van der Waals surface area contributed by atoms with Crippen molar-refractivity contribution in [2.24, 2.45) is 0 Å². The maximum atomic E-state index is 13.7. The number of amides is 2. The molecule has 0 radical (unpaired) electrons. The van der Waals surface area contributed by atoms with Crippen LogP contribution in [0.15, 0.2) is 35.8 Å². The third-order valence-corrected chi connectivity index (χ3v) is 8.47. The molecule has 2 amide bonds. The Kier molecular flexibility index (Phi) is 6.80. The van der Waals surface area contributed by atoms with Crippen LogP contribution < -0.4 is 5.84 Å². The van der Waals surface area contributed by atoms with Crippen molar-refractivity contribution in [1.29, 1.82) is 0 Å². The molecule has 0 saturated carbocycles. The molecule has 190 valence electrons. The molecule has 1 unspecified atom stereocenters. The Balaban J connectivity index is 1.41. The van der Waals surface area contributed by atoms with E-state index in [2.05, 4.69) is 29.3 Å². The van der Waals surface area contributed by atoms with Crippen LogP contribution in [0.1, 0.15) is 52.3 Å². The summed E-state index contributed by atoms with van der Waals surface area (Å²) in [5.41, 5.74) is 0.998. The first-order valence-corrected chi connectivity index (χ1v) is 13.5. The normalized spacial score (nSPS) is 20.9. The van der Waals surface area contributed by atoms with E-state index in [0.29, 0.717) is 36.1 Å². The summed E-state index contributed by atoms with van der Waals surface area (Å²) in [6.07, 6.45) is 3.23. The summed E-state index contributed by atoms with van der Waals surface area (Å²) in [5.74, 6) is 4.76. The van der Waals surface area contributed by atoms with Gasteiger partial charge in [0.1, 0.15) is 0 Å². The Bertz CT molecular complexity index is 1310. The van der Waals surface area contributed by atoms with Crippen molar-refractivity contribution in [1.82, 2.24) is 19.4 Å². The van der Waals surface area contributed by atoms with Gasteiger partial charge in [-0.2, -0.15) is 0 Å². The zero-order valence-electron chi connectivity index (χ0n) is 20.4. The predicted molar refractivity (Wildman–Crippen MR) is 142 cm³/mol. The number of hydrogen-bond acceptors (Lipinski definition) is 6. The number of ketones is 1. The van der Waals surface area contributed by atoms with Crippen LogP contribution in [-0.4, -0.2) is 75.2 Å². The third-order valence-electron chi connectivity index (χ3n) is 7.30. The van der Waals surface area contributed by atoms with Gasteiger partial charge in [0, 0.05) is 61.3 Å². The van der Waals surface area contributed by atoms with E-state index in [1.54, 1.807) is 28.4 Å². The molecule has 5 rings (SSSR count). The zero-order valence-corrected chi connectivity index (χ0v) is 22.0. The number of piperazine rings is 1. The lowest BCUT2D eigenvalue weighted by molar-refractivity contribution is -0.125. The van der Waals surface area contributed by atoms with E-state index in [1.807, 2.05) is 11.8 Å². The summed E-state index contributed by atoms with van der Waals surface area (Å²) in [4.78, 5) is 46.7. The number of carbonyl (C=O) groups excluding carboxylic acids is 3. The monoisotopic (exact) mass is 527 g/mol. The van der Waals surface area contributed by atoms with Gasteiger partial charge in [-0.25, -0.2) is 0 Å². The van der Waals surface area contributed by atoms with Crippen molar-refractivity contribution in [2.45, 2.75) is 45.3 Å². The molecule has 0 aliphatic carbocycles. The van der Waals surface area contributed by atoms with Crippen LogP contribution in [-0.2, 0) is 11.3 Å². The van der Waals surface area contributed by atoms with Gasteiger partial charge in [0.25, 0.3) is 17.6 Å². The molecule has 2 saturated heterocycles. The topological polar surface area (TPSA) is 91.9 Å². The highest BCUT2D eigenvalue weighted by Gasteiger charge is 2.34. The Morgan fingerprint density at radius 3 is 2.53 bits per heavy atom. The van der Waals surface area contributed by atoms with Crippen LogP contribution >= 0.6 is 22.9 Å². The number of nitrogen functional groups attached to an aromatic ring is 1. The minimum absolute atomic E-state index is 0.0163. The SMILES string of the molecule is CC1CN(Cc2cccs2)[C@@H](C)CN1C(=O)c1cc2c(C(=O)C(=O)N3CCCC3)cn(N)c2cc1Cl. The minimum atomic E-state index is -0.615. The lowest BCUT2D eigenvalue weighted by Gasteiger charge is -2.44. The Morgan fingerprint density at radius 1 is 1.08 bits per heavy atom. The summed E-state index contributed by atoms with van der Waals surface area (Å²) in [6.45, 7) is 7.50. The standard InChI is InChI=1S/C26H30ClN5O3S/c1-16-13-31(17(2)12-30(16)14-18-6-5-9-36-18)25(34)20-10-19-21(15-32(28)23(19)11-22(20)27)24(33)26(35)29-7-3-4-8-29/h5-6,9-11,15-17H,3-4,7-8,12-14,28H2,1-2H3/t16-,17?/m0/s1. The van der Waals surface area contributed by atoms with Gasteiger partial charge in [0.2, 0.25) is 0 Å². The number of Topliss-reactive ketones (excluding diaryl/α,β-unsaturated/α-hetero) is 1. The fourth-order valence-corrected chi connectivity index (χ4v) is 6.22. The van der Waals surface area contributed by atoms with Crippen LogP contribution in [0.3, 0.4) is 0 Å². The molecule has 2 aliphatic heterocycles. The second kappa shape index (κ2) is 9.88. The first-order chi connectivity index (χ1) is 17.2. The third kappa shape index (κ3) is 4.51. The zero-order chi connectivity index (χ0) is 25.6. The molecular formula is C26H30ClN5O3S. The summed E-state index contributed by atoms with van der Waals surface area (Å²) in [6, 6.07) is 7.56. The van der Waals surface area contributed by atoms with Gasteiger partial charge in [0.15, 0.2) is 0 Å². The summed E-state index contributed by atoms with van der Waals surface area (Å²) in [5, 5.41) is 2.80. The van der Waals surface area contributed by atoms with Crippen molar-refractivity contribution in [3.8, 4) is 0 Å². The van der Waals surface area contributed by atoms with Gasteiger partial charge >= 0.3 is 0 Å². The molecule has 2 N–H and O–H groups in total. The molecule has 10 heteroatoms. The summed E-state index contributed by atoms with van der Waals surface area (Å²) >= 11 is 8.30. The van der Waals surface area contributed by atoms with Crippen LogP contribution in [0, 0.1) is 0 Å². The van der Waals surface area contributed by atoms with Gasteiger partial charge in [0.05, 0.1) is 21.7 Å². The number of benzene rings is 1. The number of halogens is 1. The highest BCUT2D eigenvalue weighted by molar-refractivity contribution is 7.09. The molecule has 2 aromatic heterocycles. The lowest BCUT2D eigenvalue weighted by atomic mass is 10.0. The minimum Gasteiger partial charge on any atom is -0.339 e. The fraction of sp³-hybridized carbons (Fsp3) is 0.423. The van der Waals surface area contributed by atoms with Gasteiger partial charge in [-0.05, 0) is 50.3 Å². The molecule has 2 aliphatic rings. The molecule has 2 atom stereocenters. The van der Waals surface area contributed by atoms with E-state index >= 15 is 0 Å². The molecule has 1 aromatic carbocycles. The number of carbonyl (C=O) groups is 3. The number of nitrogens with zero attached hydrogens (tertiary/aromatic N) is 4. The van der Waals surface area contributed by atoms with Crippen molar-refractivity contribution < 1.29 is 14.4 Å². The largest absolute Gasteiger partial charge is 0.339 e. The second-order valence-corrected chi connectivity index (χ2v) is 11.2. The number of likely N-dealkylation sites (tertiary alicyclic amines) is 1. The van der Waals surface area contributed by atoms with Crippen molar-refractivity contribution in [2.75, 3.05) is 32.0 Å². The molecule has 4 heterocycles. The van der Waals surface area contributed by atoms with E-state index in [1.165, 1.54) is 15.8 Å². The molecule has 2 fully saturated rings. The summed E-state index contributed by atoms with van der Waals surface area (Å²) in [7, 11) is 0. The van der Waals surface area contributed by atoms with E-state index in [0.717, 1.165) is 25.9 Å². The second-order valence-electron chi connectivity index (χ2n) is 9.79. The Labute approximate surface area is 219 Å². The number of rotatable bonds is 5. The number of fused-ring (bicyclic) bond motifs is 1. The molecular weight excluding hydrogens is 498 g/mol. The van der Waals surface area contributed by atoms with E-state index in [4.69, 9.17) is 17.4 Å². The maximum absolute atomic E-state index is 13.7. The maximum Gasteiger partial charge on any atom is 0.295 e. The Hall–Kier alpha value is -2.88. The van der Waals surface area contributed by atoms with Gasteiger partial charge in [-0.15, -0.1) is 11.3 Å². The highest BCUT2D eigenvalue weighted by Crippen LogP contribution is 2.30. The average molecular weight is 528 g/mol. The Morgan fingerprint density at radius 2 is 1.83 bits per heavy atom. The number of nitrogens with two attached hydrogens (primary N) is 1. The van der Waals surface area contributed by atoms with Crippen molar-refractivity contribution in [3.63, 3.8) is 0 Å². The van der Waals surface area contributed by atoms with Gasteiger partial charge in [-0.1, -0.05) is 17.7 Å². The van der Waals surface area contributed by atoms with Crippen LogP contribution in [0.5, 0.6) is 0 Å². The van der Waals surface area contributed by atoms with Crippen LogP contribution in [0.2, 0.25) is 5.02 Å². The van der Waals surface area contributed by atoms with Crippen molar-refractivity contribution >= 4 is 51.4 Å². The predicted octanol–water partition coefficient (Wildman–Crippen LogP) is 3.61. The number of aromatic nitrogens is 1. The lowest BCUT2D eigenvalue weighted by Crippen LogP contribution is -2.57. The number of thiophene rings is 1. The first kappa shape index (κ1) is 24.8. The highest BCUT2D eigenvalue weighted by atomic mass is 35.5. The number of hydrogen-bond donors (Lipinski definition) is 1. The smallest absolute Gasteiger partial charge is 0.295 e. The fourth-order valence-electron chi connectivity index (χ4n) is 5.25. The molecule has 36 heavy (non-hydrogen) atoms. The quantitative estimate of drug-likeness (QED) is 0.311. The van der Waals surface area contributed by atoms with E-state index in [-0.39, 0.29) is 28.6 Å². The average Bonchev–Trinajstić information content (AvgIpc) is 3.62. The van der Waals surface area contributed by atoms with E-state index < -0.39 is 11.7 Å². The molecule has 0 bridgehead atoms.